The first kappa shape index (κ1) is 9.61. The van der Waals surface area contributed by atoms with E-state index < -0.39 is 0 Å². The summed E-state index contributed by atoms with van der Waals surface area (Å²) in [5, 5.41) is 0. The molecule has 1 aliphatic carbocycles. The van der Waals surface area contributed by atoms with Gasteiger partial charge in [0.25, 0.3) is 0 Å². The highest BCUT2D eigenvalue weighted by Gasteiger charge is 2.37. The molecule has 0 aromatic rings. The van der Waals surface area contributed by atoms with Crippen LogP contribution in [0.1, 0.15) is 39.5 Å². The Morgan fingerprint density at radius 1 is 1.58 bits per heavy atom. The molecule has 1 aliphatic rings. The smallest absolute Gasteiger partial charge is 0.0243 e. The van der Waals surface area contributed by atoms with Crippen molar-refractivity contribution in [2.45, 2.75) is 45.6 Å². The maximum Gasteiger partial charge on any atom is 0.0243 e. The lowest BCUT2D eigenvalue weighted by Gasteiger charge is -2.43. The van der Waals surface area contributed by atoms with Gasteiger partial charge in [-0.25, -0.2) is 0 Å². The second-order valence-electron chi connectivity index (χ2n) is 4.46. The summed E-state index contributed by atoms with van der Waals surface area (Å²) in [5.74, 6) is 3.46. The van der Waals surface area contributed by atoms with Crippen molar-refractivity contribution in [2.75, 3.05) is 0 Å². The van der Waals surface area contributed by atoms with Crippen molar-refractivity contribution in [2.24, 2.45) is 17.1 Å². The van der Waals surface area contributed by atoms with Crippen LogP contribution in [0.3, 0.4) is 0 Å². The fraction of sp³-hybridized carbons (Fsp3) is 0.818. The van der Waals surface area contributed by atoms with E-state index in [-0.39, 0.29) is 11.5 Å². The quantitative estimate of drug-likeness (QED) is 0.637. The van der Waals surface area contributed by atoms with E-state index in [9.17, 15) is 0 Å². The molecular weight excluding hydrogens is 146 g/mol. The fourth-order valence-electron chi connectivity index (χ4n) is 1.85. The Morgan fingerprint density at radius 3 is 2.50 bits per heavy atom. The van der Waals surface area contributed by atoms with Gasteiger partial charge < -0.3 is 5.73 Å². The SMILES string of the molecule is C#CCC(N)C(C)(C)C1CCC1. The highest BCUT2D eigenvalue weighted by atomic mass is 14.7. The van der Waals surface area contributed by atoms with Gasteiger partial charge in [-0.2, -0.15) is 0 Å². The van der Waals surface area contributed by atoms with Crippen molar-refractivity contribution < 1.29 is 0 Å². The van der Waals surface area contributed by atoms with E-state index in [4.69, 9.17) is 12.2 Å². The minimum atomic E-state index is 0.174. The van der Waals surface area contributed by atoms with Crippen LogP contribution >= 0.6 is 0 Å². The molecule has 0 aliphatic heterocycles. The summed E-state index contributed by atoms with van der Waals surface area (Å²) >= 11 is 0. The molecule has 1 fully saturated rings. The molecular formula is C11H19N. The summed E-state index contributed by atoms with van der Waals surface area (Å²) in [6.07, 6.45) is 10.0. The largest absolute Gasteiger partial charge is 0.326 e. The zero-order valence-corrected chi connectivity index (χ0v) is 8.14. The molecule has 1 rings (SSSR count). The van der Waals surface area contributed by atoms with Gasteiger partial charge in [0.15, 0.2) is 0 Å². The van der Waals surface area contributed by atoms with Crippen LogP contribution in [0.5, 0.6) is 0 Å². The molecule has 2 N–H and O–H groups in total. The Kier molecular flexibility index (Phi) is 2.80. The molecule has 1 nitrogen and oxygen atoms in total. The van der Waals surface area contributed by atoms with E-state index in [0.29, 0.717) is 6.42 Å². The van der Waals surface area contributed by atoms with Gasteiger partial charge in [-0.1, -0.05) is 20.3 Å². The average Bonchev–Trinajstić information content (AvgIpc) is 1.82. The minimum Gasteiger partial charge on any atom is -0.326 e. The average molecular weight is 165 g/mol. The summed E-state index contributed by atoms with van der Waals surface area (Å²) < 4.78 is 0. The second kappa shape index (κ2) is 3.49. The van der Waals surface area contributed by atoms with E-state index in [1.807, 2.05) is 0 Å². The third-order valence-corrected chi connectivity index (χ3v) is 3.45. The first-order valence-corrected chi connectivity index (χ1v) is 4.78. The maximum atomic E-state index is 6.03. The molecule has 0 saturated heterocycles. The molecule has 0 aromatic heterocycles. The molecule has 0 heterocycles. The molecule has 0 amide bonds. The number of terminal acetylenes is 1. The van der Waals surface area contributed by atoms with E-state index in [2.05, 4.69) is 19.8 Å². The monoisotopic (exact) mass is 165 g/mol. The third-order valence-electron chi connectivity index (χ3n) is 3.45. The van der Waals surface area contributed by atoms with Gasteiger partial charge >= 0.3 is 0 Å². The zero-order valence-electron chi connectivity index (χ0n) is 8.14. The van der Waals surface area contributed by atoms with Gasteiger partial charge in [0.2, 0.25) is 0 Å². The van der Waals surface area contributed by atoms with Crippen LogP contribution < -0.4 is 5.73 Å². The molecule has 1 saturated carbocycles. The molecule has 1 heteroatoms. The number of hydrogen-bond donors (Lipinski definition) is 1. The minimum absolute atomic E-state index is 0.174. The van der Waals surface area contributed by atoms with Crippen LogP contribution in [-0.4, -0.2) is 6.04 Å². The Bertz CT molecular complexity index is 184. The van der Waals surface area contributed by atoms with Crippen LogP contribution in [-0.2, 0) is 0 Å². The summed E-state index contributed by atoms with van der Waals surface area (Å²) in [6, 6.07) is 0.174. The topological polar surface area (TPSA) is 26.0 Å². The number of hydrogen-bond acceptors (Lipinski definition) is 1. The molecule has 0 spiro atoms. The van der Waals surface area contributed by atoms with Crippen LogP contribution in [0.25, 0.3) is 0 Å². The molecule has 68 valence electrons. The van der Waals surface area contributed by atoms with Crippen molar-refractivity contribution in [3.63, 3.8) is 0 Å². The summed E-state index contributed by atoms with van der Waals surface area (Å²) in [6.45, 7) is 4.50. The van der Waals surface area contributed by atoms with Gasteiger partial charge in [0.1, 0.15) is 0 Å². The van der Waals surface area contributed by atoms with Crippen molar-refractivity contribution in [3.8, 4) is 12.3 Å². The number of rotatable bonds is 3. The first-order valence-electron chi connectivity index (χ1n) is 4.78. The Hall–Kier alpha value is -0.480. The Labute approximate surface area is 75.7 Å². The van der Waals surface area contributed by atoms with E-state index >= 15 is 0 Å². The molecule has 0 radical (unpaired) electrons. The fourth-order valence-corrected chi connectivity index (χ4v) is 1.85. The van der Waals surface area contributed by atoms with Crippen LogP contribution in [0.4, 0.5) is 0 Å². The van der Waals surface area contributed by atoms with E-state index in [1.165, 1.54) is 19.3 Å². The van der Waals surface area contributed by atoms with Crippen molar-refractivity contribution in [3.05, 3.63) is 0 Å². The predicted octanol–water partition coefficient (Wildman–Crippen LogP) is 2.16. The lowest BCUT2D eigenvalue weighted by atomic mass is 9.63. The van der Waals surface area contributed by atoms with Gasteiger partial charge in [-0.15, -0.1) is 12.3 Å². The lowest BCUT2D eigenvalue weighted by Crippen LogP contribution is -2.44. The van der Waals surface area contributed by atoms with Crippen molar-refractivity contribution in [1.82, 2.24) is 0 Å². The summed E-state index contributed by atoms with van der Waals surface area (Å²) in [7, 11) is 0. The van der Waals surface area contributed by atoms with Crippen molar-refractivity contribution >= 4 is 0 Å². The van der Waals surface area contributed by atoms with Gasteiger partial charge in [-0.3, -0.25) is 0 Å². The highest BCUT2D eigenvalue weighted by Crippen LogP contribution is 2.43. The second-order valence-corrected chi connectivity index (χ2v) is 4.46. The zero-order chi connectivity index (χ0) is 9.19. The van der Waals surface area contributed by atoms with Crippen LogP contribution in [0, 0.1) is 23.7 Å². The first-order chi connectivity index (χ1) is 5.59. The van der Waals surface area contributed by atoms with Gasteiger partial charge in [0.05, 0.1) is 0 Å². The predicted molar refractivity (Wildman–Crippen MR) is 52.5 cm³/mol. The molecule has 0 aromatic carbocycles. The Balaban J connectivity index is 2.51. The lowest BCUT2D eigenvalue weighted by molar-refractivity contribution is 0.0929. The van der Waals surface area contributed by atoms with E-state index in [1.54, 1.807) is 0 Å². The van der Waals surface area contributed by atoms with Gasteiger partial charge in [-0.05, 0) is 24.2 Å². The molecule has 0 bridgehead atoms. The summed E-state index contributed by atoms with van der Waals surface area (Å²) in [5.41, 5.74) is 6.27. The maximum absolute atomic E-state index is 6.03. The molecule has 1 atom stereocenters. The third kappa shape index (κ3) is 1.64. The number of nitrogens with two attached hydrogens (primary N) is 1. The Morgan fingerprint density at radius 2 is 2.17 bits per heavy atom. The highest BCUT2D eigenvalue weighted by molar-refractivity contribution is 4.98. The van der Waals surface area contributed by atoms with E-state index in [0.717, 1.165) is 5.92 Å². The normalized spacial score (nSPS) is 21.2. The van der Waals surface area contributed by atoms with Crippen LogP contribution in [0.2, 0.25) is 0 Å². The summed E-state index contributed by atoms with van der Waals surface area (Å²) in [4.78, 5) is 0. The molecule has 12 heavy (non-hydrogen) atoms. The standard InChI is InChI=1S/C11H19N/c1-4-6-10(12)11(2,3)9-7-5-8-9/h1,9-10H,5-8,12H2,2-3H3. The van der Waals surface area contributed by atoms with Crippen LogP contribution in [0.15, 0.2) is 0 Å². The van der Waals surface area contributed by atoms with Crippen molar-refractivity contribution in [1.29, 1.82) is 0 Å². The molecule has 1 unspecified atom stereocenters. The van der Waals surface area contributed by atoms with Gasteiger partial charge in [0, 0.05) is 12.5 Å².